The van der Waals surface area contributed by atoms with Crippen molar-refractivity contribution in [2.24, 2.45) is 0 Å². The number of rotatable bonds is 2. The average Bonchev–Trinajstić information content (AvgIpc) is 2.74. The second-order valence-electron chi connectivity index (χ2n) is 5.65. The maximum absolute atomic E-state index is 12.7. The van der Waals surface area contributed by atoms with E-state index in [-0.39, 0.29) is 23.4 Å². The van der Waals surface area contributed by atoms with Crippen LogP contribution in [-0.2, 0) is 0 Å². The van der Waals surface area contributed by atoms with Crippen molar-refractivity contribution in [2.45, 2.75) is 38.3 Å². The summed E-state index contributed by atoms with van der Waals surface area (Å²) in [5, 5.41) is 9.85. The van der Waals surface area contributed by atoms with Crippen molar-refractivity contribution >= 4 is 5.91 Å². The monoisotopic (exact) mass is 275 g/mol. The number of carbonyl (C=O) groups excluding carboxylic acids is 1. The predicted octanol–water partition coefficient (Wildman–Crippen LogP) is 1.49. The highest BCUT2D eigenvalue weighted by atomic mass is 16.3. The molecule has 5 nitrogen and oxygen atoms in total. The third-order valence-electron chi connectivity index (χ3n) is 4.54. The Bertz CT molecular complexity index is 506. The Morgan fingerprint density at radius 2 is 2.20 bits per heavy atom. The highest BCUT2D eigenvalue weighted by Crippen LogP contribution is 2.32. The summed E-state index contributed by atoms with van der Waals surface area (Å²) in [7, 11) is 0. The van der Waals surface area contributed by atoms with Crippen molar-refractivity contribution in [1.82, 2.24) is 14.8 Å². The van der Waals surface area contributed by atoms with Crippen LogP contribution in [0.15, 0.2) is 18.3 Å². The van der Waals surface area contributed by atoms with Crippen LogP contribution >= 0.6 is 0 Å². The Morgan fingerprint density at radius 1 is 1.40 bits per heavy atom. The van der Waals surface area contributed by atoms with Gasteiger partial charge in [-0.3, -0.25) is 4.79 Å². The van der Waals surface area contributed by atoms with Crippen LogP contribution in [-0.4, -0.2) is 57.5 Å². The molecular formula is C15H21N3O2. The van der Waals surface area contributed by atoms with E-state index in [0.29, 0.717) is 6.04 Å². The van der Waals surface area contributed by atoms with E-state index in [2.05, 4.69) is 16.8 Å². The normalized spacial score (nSPS) is 26.6. The zero-order valence-electron chi connectivity index (χ0n) is 11.8. The molecule has 108 valence electrons. The molecule has 0 aliphatic carbocycles. The van der Waals surface area contributed by atoms with Crippen LogP contribution in [0.1, 0.15) is 36.7 Å². The van der Waals surface area contributed by atoms with Gasteiger partial charge in [0.1, 0.15) is 5.75 Å². The summed E-state index contributed by atoms with van der Waals surface area (Å²) in [6.45, 7) is 5.18. The average molecular weight is 275 g/mol. The van der Waals surface area contributed by atoms with Crippen LogP contribution in [0.25, 0.3) is 0 Å². The number of aromatic hydroxyl groups is 1. The Morgan fingerprint density at radius 3 is 2.95 bits per heavy atom. The van der Waals surface area contributed by atoms with Crippen LogP contribution in [0.3, 0.4) is 0 Å². The molecule has 0 aromatic carbocycles. The number of fused-ring (bicyclic) bond motifs is 2. The van der Waals surface area contributed by atoms with Gasteiger partial charge in [-0.15, -0.1) is 0 Å². The highest BCUT2D eigenvalue weighted by molar-refractivity contribution is 5.95. The third-order valence-corrected chi connectivity index (χ3v) is 4.54. The number of amides is 1. The van der Waals surface area contributed by atoms with Gasteiger partial charge in [0, 0.05) is 31.4 Å². The lowest BCUT2D eigenvalue weighted by atomic mass is 10.1. The molecule has 3 heterocycles. The molecule has 2 aliphatic heterocycles. The van der Waals surface area contributed by atoms with Gasteiger partial charge >= 0.3 is 0 Å². The van der Waals surface area contributed by atoms with E-state index in [4.69, 9.17) is 0 Å². The van der Waals surface area contributed by atoms with Gasteiger partial charge in [0.05, 0.1) is 0 Å². The minimum atomic E-state index is -0.117. The smallest absolute Gasteiger partial charge is 0.276 e. The fourth-order valence-corrected chi connectivity index (χ4v) is 3.45. The first-order valence-electron chi connectivity index (χ1n) is 7.39. The molecule has 3 rings (SSSR count). The van der Waals surface area contributed by atoms with Crippen LogP contribution in [0.5, 0.6) is 5.75 Å². The van der Waals surface area contributed by atoms with Gasteiger partial charge in [0.2, 0.25) is 0 Å². The van der Waals surface area contributed by atoms with Crippen LogP contribution in [0, 0.1) is 0 Å². The lowest BCUT2D eigenvalue weighted by Crippen LogP contribution is -2.43. The summed E-state index contributed by atoms with van der Waals surface area (Å²) in [5.41, 5.74) is 0.189. The number of likely N-dealkylation sites (tertiary alicyclic amines) is 1. The molecule has 1 aromatic heterocycles. The maximum atomic E-state index is 12.7. The Labute approximate surface area is 119 Å². The quantitative estimate of drug-likeness (QED) is 0.888. The molecule has 2 aliphatic rings. The summed E-state index contributed by atoms with van der Waals surface area (Å²) < 4.78 is 0. The summed E-state index contributed by atoms with van der Waals surface area (Å²) in [6.07, 6.45) is 4.71. The lowest BCUT2D eigenvalue weighted by Gasteiger charge is -2.28. The van der Waals surface area contributed by atoms with Crippen molar-refractivity contribution in [3.8, 4) is 5.75 Å². The SMILES string of the molecule is CCN1CC[C@H]2CC[C@@H](C1)N2C(=O)c1ncccc1O. The van der Waals surface area contributed by atoms with Crippen molar-refractivity contribution in [3.05, 3.63) is 24.0 Å². The van der Waals surface area contributed by atoms with E-state index in [0.717, 1.165) is 38.9 Å². The van der Waals surface area contributed by atoms with E-state index in [9.17, 15) is 9.90 Å². The number of pyridine rings is 1. The molecule has 0 saturated carbocycles. The van der Waals surface area contributed by atoms with Gasteiger partial charge in [-0.05, 0) is 37.9 Å². The van der Waals surface area contributed by atoms with E-state index in [1.165, 1.54) is 6.07 Å². The van der Waals surface area contributed by atoms with Crippen molar-refractivity contribution in [3.63, 3.8) is 0 Å². The van der Waals surface area contributed by atoms with Crippen LogP contribution in [0.4, 0.5) is 0 Å². The first-order valence-corrected chi connectivity index (χ1v) is 7.39. The fraction of sp³-hybridized carbons (Fsp3) is 0.600. The molecule has 2 bridgehead atoms. The number of carbonyl (C=O) groups is 1. The molecule has 2 fully saturated rings. The first-order chi connectivity index (χ1) is 9.70. The molecule has 1 aromatic rings. The molecule has 5 heteroatoms. The molecule has 2 atom stereocenters. The molecular weight excluding hydrogens is 254 g/mol. The molecule has 1 N–H and O–H groups in total. The highest BCUT2D eigenvalue weighted by Gasteiger charge is 2.40. The summed E-state index contributed by atoms with van der Waals surface area (Å²) in [4.78, 5) is 21.2. The molecule has 0 radical (unpaired) electrons. The fourth-order valence-electron chi connectivity index (χ4n) is 3.45. The second kappa shape index (κ2) is 5.40. The molecule has 0 unspecified atom stereocenters. The zero-order valence-corrected chi connectivity index (χ0v) is 11.8. The van der Waals surface area contributed by atoms with E-state index < -0.39 is 0 Å². The van der Waals surface area contributed by atoms with Gasteiger partial charge in [0.25, 0.3) is 5.91 Å². The van der Waals surface area contributed by atoms with Gasteiger partial charge in [-0.1, -0.05) is 6.92 Å². The largest absolute Gasteiger partial charge is 0.505 e. The zero-order chi connectivity index (χ0) is 14.1. The van der Waals surface area contributed by atoms with Gasteiger partial charge in [-0.25, -0.2) is 4.98 Å². The van der Waals surface area contributed by atoms with Crippen LogP contribution in [0.2, 0.25) is 0 Å². The standard InChI is InChI=1S/C15H21N3O2/c1-2-17-9-7-11-5-6-12(10-17)18(11)15(20)14-13(19)4-3-8-16-14/h3-4,8,11-12,19H,2,5-7,9-10H2,1H3/t11-,12+/m1/s1. The summed E-state index contributed by atoms with van der Waals surface area (Å²) >= 11 is 0. The van der Waals surface area contributed by atoms with E-state index >= 15 is 0 Å². The summed E-state index contributed by atoms with van der Waals surface area (Å²) in [5.74, 6) is -0.137. The Kier molecular flexibility index (Phi) is 3.61. The first kappa shape index (κ1) is 13.4. The number of aromatic nitrogens is 1. The predicted molar refractivity (Wildman–Crippen MR) is 75.6 cm³/mol. The summed E-state index contributed by atoms with van der Waals surface area (Å²) in [6, 6.07) is 3.72. The van der Waals surface area contributed by atoms with Crippen molar-refractivity contribution in [1.29, 1.82) is 0 Å². The number of nitrogens with zero attached hydrogens (tertiary/aromatic N) is 3. The number of hydrogen-bond donors (Lipinski definition) is 1. The molecule has 2 saturated heterocycles. The number of likely N-dealkylation sites (N-methyl/N-ethyl adjacent to an activating group) is 1. The lowest BCUT2D eigenvalue weighted by molar-refractivity contribution is 0.0662. The molecule has 20 heavy (non-hydrogen) atoms. The Hall–Kier alpha value is -1.62. The van der Waals surface area contributed by atoms with Crippen LogP contribution < -0.4 is 0 Å². The van der Waals surface area contributed by atoms with Gasteiger partial charge < -0.3 is 14.9 Å². The second-order valence-corrected chi connectivity index (χ2v) is 5.65. The van der Waals surface area contributed by atoms with Gasteiger partial charge in [-0.2, -0.15) is 0 Å². The minimum absolute atomic E-state index is 0.0199. The van der Waals surface area contributed by atoms with E-state index in [1.807, 2.05) is 4.90 Å². The topological polar surface area (TPSA) is 56.7 Å². The third kappa shape index (κ3) is 2.26. The minimum Gasteiger partial charge on any atom is -0.505 e. The van der Waals surface area contributed by atoms with Gasteiger partial charge in [0.15, 0.2) is 5.69 Å². The maximum Gasteiger partial charge on any atom is 0.276 e. The van der Waals surface area contributed by atoms with Crippen molar-refractivity contribution in [2.75, 3.05) is 19.6 Å². The van der Waals surface area contributed by atoms with E-state index in [1.54, 1.807) is 12.3 Å². The Balaban J connectivity index is 1.86. The molecule has 1 amide bonds. The number of hydrogen-bond acceptors (Lipinski definition) is 4. The molecule has 0 spiro atoms. The van der Waals surface area contributed by atoms with Crippen molar-refractivity contribution < 1.29 is 9.90 Å².